The Labute approximate surface area is 175 Å². The zero-order valence-corrected chi connectivity index (χ0v) is 18.1. The second-order valence-corrected chi connectivity index (χ2v) is 9.21. The fourth-order valence-electron chi connectivity index (χ4n) is 3.14. The maximum absolute atomic E-state index is 12.7. The average molecular weight is 440 g/mol. The zero-order chi connectivity index (χ0) is 20.9. The van der Waals surface area contributed by atoms with Crippen LogP contribution in [-0.2, 0) is 10.0 Å². The molecule has 0 saturated carbocycles. The second kappa shape index (κ2) is 9.57. The summed E-state index contributed by atoms with van der Waals surface area (Å²) in [5.74, 6) is 0.766. The lowest BCUT2D eigenvalue weighted by atomic mass is 10.3. The fraction of sp³-hybridized carbons (Fsp3) is 0.421. The van der Waals surface area contributed by atoms with Crippen LogP contribution >= 0.6 is 11.3 Å². The normalized spacial score (nSPS) is 15.3. The van der Waals surface area contributed by atoms with Gasteiger partial charge in [-0.25, -0.2) is 13.1 Å². The maximum Gasteiger partial charge on any atom is 0.264 e. The van der Waals surface area contributed by atoms with Gasteiger partial charge in [-0.1, -0.05) is 6.07 Å². The van der Waals surface area contributed by atoms with Crippen LogP contribution in [0.3, 0.4) is 0 Å². The summed E-state index contributed by atoms with van der Waals surface area (Å²) in [4.78, 5) is 17.2. The van der Waals surface area contributed by atoms with E-state index in [9.17, 15) is 13.2 Å². The Morgan fingerprint density at radius 2 is 1.90 bits per heavy atom. The number of rotatable bonds is 8. The van der Waals surface area contributed by atoms with Crippen molar-refractivity contribution in [3.63, 3.8) is 0 Å². The summed E-state index contributed by atoms with van der Waals surface area (Å²) >= 11 is 1.44. The summed E-state index contributed by atoms with van der Waals surface area (Å²) in [7, 11) is -0.826. The molecule has 0 radical (unpaired) electrons. The van der Waals surface area contributed by atoms with E-state index in [-0.39, 0.29) is 23.1 Å². The minimum Gasteiger partial charge on any atom is -0.497 e. The van der Waals surface area contributed by atoms with Crippen molar-refractivity contribution < 1.29 is 22.7 Å². The van der Waals surface area contributed by atoms with E-state index in [0.717, 1.165) is 4.88 Å². The zero-order valence-electron chi connectivity index (χ0n) is 16.5. The molecule has 1 amide bonds. The standard InChI is InChI=1S/C19H25N3O5S2/c1-26-15-5-6-16(27-2)18(14-15)29(24,25)20-7-8-21-9-11-22(12-10-21)19(23)17-4-3-13-28-17/h3-6,13-14,20H,7-12H2,1-2H3. The largest absolute Gasteiger partial charge is 0.497 e. The Morgan fingerprint density at radius 3 is 2.52 bits per heavy atom. The molecule has 8 nitrogen and oxygen atoms in total. The summed E-state index contributed by atoms with van der Waals surface area (Å²) in [5.41, 5.74) is 0. The van der Waals surface area contributed by atoms with Crippen molar-refractivity contribution in [1.82, 2.24) is 14.5 Å². The van der Waals surface area contributed by atoms with E-state index in [1.807, 2.05) is 22.4 Å². The number of amides is 1. The maximum atomic E-state index is 12.7. The predicted molar refractivity (Wildman–Crippen MR) is 111 cm³/mol. The van der Waals surface area contributed by atoms with Gasteiger partial charge in [0.05, 0.1) is 19.1 Å². The first-order chi connectivity index (χ1) is 13.9. The number of piperazine rings is 1. The van der Waals surface area contributed by atoms with Crippen LogP contribution in [0.4, 0.5) is 0 Å². The van der Waals surface area contributed by atoms with E-state index >= 15 is 0 Å². The smallest absolute Gasteiger partial charge is 0.264 e. The third-order valence-electron chi connectivity index (χ3n) is 4.77. The molecule has 2 heterocycles. The molecule has 1 fully saturated rings. The number of benzene rings is 1. The van der Waals surface area contributed by atoms with E-state index in [1.54, 1.807) is 12.1 Å². The lowest BCUT2D eigenvalue weighted by Crippen LogP contribution is -2.50. The van der Waals surface area contributed by atoms with Crippen LogP contribution in [0.5, 0.6) is 11.5 Å². The monoisotopic (exact) mass is 439 g/mol. The molecule has 1 aromatic carbocycles. The highest BCUT2D eigenvalue weighted by molar-refractivity contribution is 7.89. The van der Waals surface area contributed by atoms with Crippen molar-refractivity contribution >= 4 is 27.3 Å². The molecule has 1 N–H and O–H groups in total. The molecule has 1 aliphatic rings. The number of thiophene rings is 1. The van der Waals surface area contributed by atoms with Crippen LogP contribution < -0.4 is 14.2 Å². The van der Waals surface area contributed by atoms with Gasteiger partial charge in [-0.05, 0) is 23.6 Å². The highest BCUT2D eigenvalue weighted by Crippen LogP contribution is 2.27. The Bertz CT molecular complexity index is 923. The minimum absolute atomic E-state index is 0.0470. The Kier molecular flexibility index (Phi) is 7.12. The van der Waals surface area contributed by atoms with Crippen molar-refractivity contribution in [2.45, 2.75) is 4.90 Å². The van der Waals surface area contributed by atoms with Crippen molar-refractivity contribution in [2.24, 2.45) is 0 Å². The summed E-state index contributed by atoms with van der Waals surface area (Å²) < 4.78 is 38.3. The SMILES string of the molecule is COc1ccc(OC)c(S(=O)(=O)NCCN2CCN(C(=O)c3cccs3)CC2)c1. The number of nitrogens with zero attached hydrogens (tertiary/aromatic N) is 2. The van der Waals surface area contributed by atoms with E-state index in [1.165, 1.54) is 31.6 Å². The van der Waals surface area contributed by atoms with Crippen molar-refractivity contribution in [3.05, 3.63) is 40.6 Å². The van der Waals surface area contributed by atoms with Crippen LogP contribution in [0.15, 0.2) is 40.6 Å². The molecule has 0 atom stereocenters. The van der Waals surface area contributed by atoms with Crippen LogP contribution in [0.25, 0.3) is 0 Å². The molecule has 2 aromatic rings. The van der Waals surface area contributed by atoms with Gasteiger partial charge in [0.15, 0.2) is 0 Å². The Morgan fingerprint density at radius 1 is 1.14 bits per heavy atom. The van der Waals surface area contributed by atoms with Crippen LogP contribution in [0.1, 0.15) is 9.67 Å². The molecule has 10 heteroatoms. The van der Waals surface area contributed by atoms with Crippen molar-refractivity contribution in [3.8, 4) is 11.5 Å². The number of hydrogen-bond donors (Lipinski definition) is 1. The number of sulfonamides is 1. The Balaban J connectivity index is 1.51. The summed E-state index contributed by atoms with van der Waals surface area (Å²) in [6.45, 7) is 3.51. The van der Waals surface area contributed by atoms with Crippen LogP contribution in [0, 0.1) is 0 Å². The van der Waals surface area contributed by atoms with Gasteiger partial charge in [0.25, 0.3) is 5.91 Å². The van der Waals surface area contributed by atoms with E-state index in [4.69, 9.17) is 9.47 Å². The van der Waals surface area contributed by atoms with Crippen molar-refractivity contribution in [1.29, 1.82) is 0 Å². The van der Waals surface area contributed by atoms with Gasteiger partial charge in [0, 0.05) is 45.3 Å². The number of carbonyl (C=O) groups is 1. The molecule has 3 rings (SSSR count). The van der Waals surface area contributed by atoms with Gasteiger partial charge >= 0.3 is 0 Å². The fourth-order valence-corrected chi connectivity index (χ4v) is 5.03. The lowest BCUT2D eigenvalue weighted by Gasteiger charge is -2.34. The molecule has 0 spiro atoms. The first-order valence-corrected chi connectivity index (χ1v) is 11.6. The van der Waals surface area contributed by atoms with Gasteiger partial charge in [-0.3, -0.25) is 9.69 Å². The number of carbonyl (C=O) groups excluding carboxylic acids is 1. The first kappa shape index (κ1) is 21.6. The van der Waals surface area contributed by atoms with E-state index in [2.05, 4.69) is 9.62 Å². The molecular formula is C19H25N3O5S2. The number of methoxy groups -OCH3 is 2. The average Bonchev–Trinajstić information content (AvgIpc) is 3.28. The minimum atomic E-state index is -3.74. The number of ether oxygens (including phenoxy) is 2. The van der Waals surface area contributed by atoms with E-state index in [0.29, 0.717) is 38.5 Å². The summed E-state index contributed by atoms with van der Waals surface area (Å²) in [6.07, 6.45) is 0. The number of nitrogens with one attached hydrogen (secondary N) is 1. The molecule has 0 bridgehead atoms. The highest BCUT2D eigenvalue weighted by Gasteiger charge is 2.24. The number of hydrogen-bond acceptors (Lipinski definition) is 7. The molecule has 1 aliphatic heterocycles. The van der Waals surface area contributed by atoms with Gasteiger partial charge in [0.1, 0.15) is 16.4 Å². The molecule has 158 valence electrons. The van der Waals surface area contributed by atoms with Gasteiger partial charge in [-0.15, -0.1) is 11.3 Å². The van der Waals surface area contributed by atoms with Gasteiger partial charge < -0.3 is 14.4 Å². The quantitative estimate of drug-likeness (QED) is 0.671. The molecule has 1 saturated heterocycles. The second-order valence-electron chi connectivity index (χ2n) is 6.53. The Hall–Kier alpha value is -2.14. The van der Waals surface area contributed by atoms with Gasteiger partial charge in [-0.2, -0.15) is 0 Å². The summed E-state index contributed by atoms with van der Waals surface area (Å²) in [6, 6.07) is 8.36. The molecular weight excluding hydrogens is 414 g/mol. The summed E-state index contributed by atoms with van der Waals surface area (Å²) in [5, 5.41) is 1.90. The molecule has 0 unspecified atom stereocenters. The first-order valence-electron chi connectivity index (χ1n) is 9.21. The lowest BCUT2D eigenvalue weighted by molar-refractivity contribution is 0.0645. The molecule has 29 heavy (non-hydrogen) atoms. The molecule has 0 aliphatic carbocycles. The van der Waals surface area contributed by atoms with Crippen LogP contribution in [-0.4, -0.2) is 77.6 Å². The van der Waals surface area contributed by atoms with Gasteiger partial charge in [0.2, 0.25) is 10.0 Å². The van der Waals surface area contributed by atoms with E-state index < -0.39 is 10.0 Å². The third-order valence-corrected chi connectivity index (χ3v) is 7.11. The third kappa shape index (κ3) is 5.27. The predicted octanol–water partition coefficient (Wildman–Crippen LogP) is 1.50. The van der Waals surface area contributed by atoms with Crippen LogP contribution in [0.2, 0.25) is 0 Å². The molecule has 1 aromatic heterocycles. The highest BCUT2D eigenvalue weighted by atomic mass is 32.2. The topological polar surface area (TPSA) is 88.2 Å². The van der Waals surface area contributed by atoms with Crippen molar-refractivity contribution in [2.75, 3.05) is 53.5 Å².